The van der Waals surface area contributed by atoms with Crippen LogP contribution in [0.5, 0.6) is 0 Å². The summed E-state index contributed by atoms with van der Waals surface area (Å²) in [7, 11) is 0. The summed E-state index contributed by atoms with van der Waals surface area (Å²) in [6.45, 7) is 8.71. The Hall–Kier alpha value is -4.16. The highest BCUT2D eigenvalue weighted by molar-refractivity contribution is 9.10. The van der Waals surface area contributed by atoms with Gasteiger partial charge >= 0.3 is 0 Å². The smallest absolute Gasteiger partial charge is 0.0548 e. The molecule has 10 rings (SSSR count). The molecule has 0 fully saturated rings. The van der Waals surface area contributed by atoms with E-state index in [1.807, 2.05) is 0 Å². The fourth-order valence-corrected chi connectivity index (χ4v) is 9.33. The van der Waals surface area contributed by atoms with Crippen LogP contribution in [0.3, 0.4) is 0 Å². The van der Waals surface area contributed by atoms with E-state index in [1.165, 1.54) is 22.3 Å². The summed E-state index contributed by atoms with van der Waals surface area (Å²) in [6.07, 6.45) is 0. The lowest BCUT2D eigenvalue weighted by Gasteiger charge is -2.28. The molecule has 16 bridgehead atoms. The SMILES string of the molecule is Brc1cc2cc(c1)CN1Cc3cccc(n3)CN3Cc4cc(Br)cc(c4)CN(Cc4cccc(n4)CN(C2)Cc2cccc(n2)C3)Cc2cccc(n2)C1. The Morgan fingerprint density at radius 1 is 0.296 bits per heavy atom. The van der Waals surface area contributed by atoms with E-state index in [-0.39, 0.29) is 0 Å². The van der Waals surface area contributed by atoms with Crippen molar-refractivity contribution in [1.29, 1.82) is 0 Å². The first-order valence-corrected chi connectivity index (χ1v) is 20.2. The summed E-state index contributed by atoms with van der Waals surface area (Å²) >= 11 is 7.76. The molecule has 0 aliphatic carbocycles. The summed E-state index contributed by atoms with van der Waals surface area (Å²) < 4.78 is 2.16. The zero-order valence-corrected chi connectivity index (χ0v) is 33.4. The minimum atomic E-state index is 0.707. The molecule has 0 radical (unpaired) electrons. The molecule has 0 amide bonds. The van der Waals surface area contributed by atoms with Crippen LogP contribution in [0.2, 0.25) is 0 Å². The molecule has 0 N–H and O–H groups in total. The molecule has 54 heavy (non-hydrogen) atoms. The van der Waals surface area contributed by atoms with Crippen LogP contribution < -0.4 is 0 Å². The third-order valence-corrected chi connectivity index (χ3v) is 11.1. The van der Waals surface area contributed by atoms with Crippen LogP contribution in [0.25, 0.3) is 0 Å². The molecule has 0 unspecified atom stereocenters. The molecule has 0 spiro atoms. The van der Waals surface area contributed by atoms with Gasteiger partial charge in [0, 0.05) is 87.5 Å². The lowest BCUT2D eigenvalue weighted by Crippen LogP contribution is -2.28. The number of pyridine rings is 4. The fraction of sp³-hybridized carbons (Fsp3) is 0.273. The van der Waals surface area contributed by atoms with Gasteiger partial charge in [0.15, 0.2) is 0 Å². The van der Waals surface area contributed by atoms with Gasteiger partial charge < -0.3 is 0 Å². The predicted octanol–water partition coefficient (Wildman–Crippen LogP) is 8.54. The second-order valence-corrected chi connectivity index (χ2v) is 16.8. The molecule has 4 aliphatic rings. The number of rotatable bonds is 0. The first-order chi connectivity index (χ1) is 26.4. The lowest BCUT2D eigenvalue weighted by atomic mass is 10.1. The first-order valence-electron chi connectivity index (χ1n) is 18.6. The van der Waals surface area contributed by atoms with Crippen molar-refractivity contribution in [1.82, 2.24) is 39.5 Å². The summed E-state index contributed by atoms with van der Waals surface area (Å²) in [5, 5.41) is 0. The van der Waals surface area contributed by atoms with Gasteiger partial charge in [-0.3, -0.25) is 39.5 Å². The molecular weight excluding hydrogens is 800 g/mol. The van der Waals surface area contributed by atoms with Crippen molar-refractivity contribution in [2.24, 2.45) is 0 Å². The molecule has 6 aromatic rings. The van der Waals surface area contributed by atoms with Gasteiger partial charge in [-0.25, -0.2) is 0 Å². The highest BCUT2D eigenvalue weighted by atomic mass is 79.9. The molecule has 0 saturated heterocycles. The van der Waals surface area contributed by atoms with Gasteiger partial charge in [0.2, 0.25) is 0 Å². The number of aromatic nitrogens is 4. The van der Waals surface area contributed by atoms with Gasteiger partial charge in [-0.2, -0.15) is 0 Å². The van der Waals surface area contributed by atoms with Gasteiger partial charge in [-0.1, -0.05) is 68.3 Å². The van der Waals surface area contributed by atoms with Crippen LogP contribution in [0.4, 0.5) is 0 Å². The van der Waals surface area contributed by atoms with Crippen LogP contribution in [0, 0.1) is 0 Å². The highest BCUT2D eigenvalue weighted by Gasteiger charge is 2.20. The van der Waals surface area contributed by atoms with E-state index >= 15 is 0 Å². The second kappa shape index (κ2) is 15.9. The fourth-order valence-electron chi connectivity index (χ4n) is 8.16. The number of hydrogen-bond donors (Lipinski definition) is 0. The van der Waals surface area contributed by atoms with Gasteiger partial charge in [0.1, 0.15) is 0 Å². The largest absolute Gasteiger partial charge is 0.287 e. The molecule has 2 aromatic carbocycles. The van der Waals surface area contributed by atoms with E-state index in [1.54, 1.807) is 0 Å². The number of benzene rings is 2. The molecule has 8 heterocycles. The predicted molar refractivity (Wildman–Crippen MR) is 217 cm³/mol. The topological polar surface area (TPSA) is 64.5 Å². The highest BCUT2D eigenvalue weighted by Crippen LogP contribution is 2.26. The maximum absolute atomic E-state index is 5.29. The zero-order chi connectivity index (χ0) is 36.4. The Balaban J connectivity index is 1.26. The molecule has 0 atom stereocenters. The van der Waals surface area contributed by atoms with Gasteiger partial charge in [0.25, 0.3) is 0 Å². The number of nitrogens with zero attached hydrogens (tertiary/aromatic N) is 8. The van der Waals surface area contributed by atoms with E-state index in [0.717, 1.165) is 80.7 Å². The summed E-state index contributed by atoms with van der Waals surface area (Å²) in [6, 6.07) is 39.7. The van der Waals surface area contributed by atoms with Gasteiger partial charge in [-0.05, 0) is 95.1 Å². The third kappa shape index (κ3) is 9.03. The first kappa shape index (κ1) is 35.5. The van der Waals surface area contributed by atoms with E-state index in [9.17, 15) is 0 Å². The minimum Gasteiger partial charge on any atom is -0.287 e. The quantitative estimate of drug-likeness (QED) is 0.151. The summed E-state index contributed by atoms with van der Waals surface area (Å²) in [4.78, 5) is 31.1. The monoisotopic (exact) mass is 840 g/mol. The maximum Gasteiger partial charge on any atom is 0.0548 e. The van der Waals surface area contributed by atoms with Crippen molar-refractivity contribution in [2.45, 2.75) is 78.5 Å². The van der Waals surface area contributed by atoms with Crippen molar-refractivity contribution in [3.05, 3.63) is 186 Å². The van der Waals surface area contributed by atoms with Crippen molar-refractivity contribution < 1.29 is 0 Å². The lowest BCUT2D eigenvalue weighted by molar-refractivity contribution is 0.224. The van der Waals surface area contributed by atoms with Crippen molar-refractivity contribution in [3.8, 4) is 0 Å². The summed E-state index contributed by atoms with van der Waals surface area (Å²) in [5.74, 6) is 0. The van der Waals surface area contributed by atoms with Crippen LogP contribution in [0.15, 0.2) is 118 Å². The maximum atomic E-state index is 5.29. The van der Waals surface area contributed by atoms with Crippen molar-refractivity contribution in [3.63, 3.8) is 0 Å². The third-order valence-electron chi connectivity index (χ3n) is 10.2. The van der Waals surface area contributed by atoms with Crippen LogP contribution in [-0.4, -0.2) is 39.5 Å². The number of halogens is 2. The van der Waals surface area contributed by atoms with E-state index in [4.69, 9.17) is 19.9 Å². The number of hydrogen-bond acceptors (Lipinski definition) is 8. The standard InChI is InChI=1S/C44H42Br2N8/c45-35-15-31-13-34(18-35)22-54-28-42-10-3-8-40(49-42)26-52-20-32-14-33(17-36(46)16-32)21-53(29-43-11-4-12-44(30-54)50-43)27-41-9-2-7-39(48-41)25-51(19-31)23-37-5-1-6-38(24-52)47-37/h1-18H,19-30H2. The normalized spacial score (nSPS) is 21.4. The molecule has 10 heteroatoms. The average Bonchev–Trinajstić information content (AvgIpc) is 3.11. The molecular formula is C44H42Br2N8. The van der Waals surface area contributed by atoms with Crippen molar-refractivity contribution >= 4 is 31.9 Å². The molecule has 0 saturated carbocycles. The van der Waals surface area contributed by atoms with Gasteiger partial charge in [0.05, 0.1) is 45.6 Å². The van der Waals surface area contributed by atoms with Crippen LogP contribution in [0.1, 0.15) is 67.8 Å². The van der Waals surface area contributed by atoms with E-state index in [2.05, 4.69) is 161 Å². The molecule has 4 aliphatic heterocycles. The Kier molecular flexibility index (Phi) is 10.5. The average molecular weight is 843 g/mol. The van der Waals surface area contributed by atoms with E-state index in [0.29, 0.717) is 52.4 Å². The van der Waals surface area contributed by atoms with Crippen LogP contribution >= 0.6 is 31.9 Å². The Morgan fingerprint density at radius 3 is 0.704 bits per heavy atom. The van der Waals surface area contributed by atoms with Crippen LogP contribution in [-0.2, 0) is 78.5 Å². The Bertz CT molecular complexity index is 1900. The van der Waals surface area contributed by atoms with E-state index < -0.39 is 0 Å². The van der Waals surface area contributed by atoms with Gasteiger partial charge in [-0.15, -0.1) is 0 Å². The minimum absolute atomic E-state index is 0.707. The molecule has 8 nitrogen and oxygen atoms in total. The second-order valence-electron chi connectivity index (χ2n) is 15.0. The van der Waals surface area contributed by atoms with Crippen molar-refractivity contribution in [2.75, 3.05) is 0 Å². The zero-order valence-electron chi connectivity index (χ0n) is 30.2. The Labute approximate surface area is 334 Å². The molecule has 4 aromatic heterocycles. The molecule has 272 valence electrons. The Morgan fingerprint density at radius 2 is 0.500 bits per heavy atom. The summed E-state index contributed by atoms with van der Waals surface area (Å²) in [5.41, 5.74) is 13.4.